The van der Waals surface area contributed by atoms with Crippen LogP contribution in [0.25, 0.3) is 5.57 Å². The van der Waals surface area contributed by atoms with Crippen molar-refractivity contribution in [3.05, 3.63) is 29.8 Å². The van der Waals surface area contributed by atoms with Gasteiger partial charge in [-0.3, -0.25) is 0 Å². The van der Waals surface area contributed by atoms with E-state index in [2.05, 4.69) is 4.74 Å². The minimum absolute atomic E-state index is 0.301. The highest BCUT2D eigenvalue weighted by atomic mass is 16.6. The van der Waals surface area contributed by atoms with Gasteiger partial charge in [0, 0.05) is 6.07 Å². The summed E-state index contributed by atoms with van der Waals surface area (Å²) in [5, 5.41) is 9.20. The normalized spacial score (nSPS) is 18.6. The van der Waals surface area contributed by atoms with Crippen LogP contribution >= 0.6 is 0 Å². The van der Waals surface area contributed by atoms with E-state index in [0.29, 0.717) is 22.6 Å². The van der Waals surface area contributed by atoms with Crippen molar-refractivity contribution in [2.45, 2.75) is 6.29 Å². The molecule has 1 N–H and O–H groups in total. The van der Waals surface area contributed by atoms with E-state index in [0.717, 1.165) is 0 Å². The van der Waals surface area contributed by atoms with Gasteiger partial charge in [0.05, 0.1) is 19.8 Å². The van der Waals surface area contributed by atoms with Crippen molar-refractivity contribution in [2.24, 2.45) is 0 Å². The Morgan fingerprint density at radius 3 is 2.18 bits per heavy atom. The molecule has 1 aliphatic heterocycles. The lowest BCUT2D eigenvalue weighted by Gasteiger charge is -2.07. The Kier molecular flexibility index (Phi) is 3.01. The average Bonchev–Trinajstić information content (AvgIpc) is 2.67. The molecule has 5 nitrogen and oxygen atoms in total. The summed E-state index contributed by atoms with van der Waals surface area (Å²) in [5.74, 6) is 0.566. The van der Waals surface area contributed by atoms with E-state index in [9.17, 15) is 9.90 Å². The Morgan fingerprint density at radius 1 is 1.18 bits per heavy atom. The molecule has 90 valence electrons. The van der Waals surface area contributed by atoms with Crippen LogP contribution in [-0.4, -0.2) is 31.6 Å². The molecule has 1 aromatic rings. The maximum atomic E-state index is 11.5. The second-order valence-corrected chi connectivity index (χ2v) is 3.48. The van der Waals surface area contributed by atoms with Crippen LogP contribution in [0.1, 0.15) is 5.56 Å². The quantitative estimate of drug-likeness (QED) is 0.792. The van der Waals surface area contributed by atoms with Crippen molar-refractivity contribution in [1.82, 2.24) is 0 Å². The van der Waals surface area contributed by atoms with E-state index in [-0.39, 0.29) is 0 Å². The molecule has 0 radical (unpaired) electrons. The number of aliphatic hydroxyl groups is 1. The summed E-state index contributed by atoms with van der Waals surface area (Å²) < 4.78 is 14.8. The van der Waals surface area contributed by atoms with Gasteiger partial charge in [-0.25, -0.2) is 4.79 Å². The minimum Gasteiger partial charge on any atom is -0.497 e. The van der Waals surface area contributed by atoms with Crippen LogP contribution in [0.3, 0.4) is 0 Å². The summed E-state index contributed by atoms with van der Waals surface area (Å²) in [4.78, 5) is 11.5. The molecule has 0 bridgehead atoms. The number of cyclic esters (lactones) is 1. The fourth-order valence-corrected chi connectivity index (χ4v) is 1.59. The summed E-state index contributed by atoms with van der Waals surface area (Å²) >= 11 is 0. The first-order valence-corrected chi connectivity index (χ1v) is 4.98. The molecule has 5 heteroatoms. The van der Waals surface area contributed by atoms with Crippen LogP contribution in [0.5, 0.6) is 11.5 Å². The van der Waals surface area contributed by atoms with Crippen molar-refractivity contribution >= 4 is 11.5 Å². The third-order valence-corrected chi connectivity index (χ3v) is 2.42. The van der Waals surface area contributed by atoms with Gasteiger partial charge in [-0.15, -0.1) is 0 Å². The topological polar surface area (TPSA) is 65.0 Å². The smallest absolute Gasteiger partial charge is 0.341 e. The van der Waals surface area contributed by atoms with E-state index in [1.807, 2.05) is 0 Å². The van der Waals surface area contributed by atoms with Gasteiger partial charge in [0.25, 0.3) is 0 Å². The Bertz CT molecular complexity index is 456. The predicted octanol–water partition coefficient (Wildman–Crippen LogP) is 0.962. The lowest BCUT2D eigenvalue weighted by Crippen LogP contribution is -2.06. The van der Waals surface area contributed by atoms with E-state index in [4.69, 9.17) is 9.47 Å². The number of hydrogen-bond acceptors (Lipinski definition) is 5. The highest BCUT2D eigenvalue weighted by Crippen LogP contribution is 2.30. The van der Waals surface area contributed by atoms with Gasteiger partial charge in [0.15, 0.2) is 0 Å². The molecule has 1 heterocycles. The van der Waals surface area contributed by atoms with Crippen molar-refractivity contribution in [3.8, 4) is 11.5 Å². The maximum Gasteiger partial charge on any atom is 0.341 e. The Hall–Kier alpha value is -2.01. The van der Waals surface area contributed by atoms with Gasteiger partial charge in [0.1, 0.15) is 11.5 Å². The summed E-state index contributed by atoms with van der Waals surface area (Å²) in [6.07, 6.45) is 0.158. The van der Waals surface area contributed by atoms with Crippen LogP contribution in [0, 0.1) is 0 Å². The number of rotatable bonds is 3. The fourth-order valence-electron chi connectivity index (χ4n) is 1.59. The van der Waals surface area contributed by atoms with Crippen molar-refractivity contribution in [1.29, 1.82) is 0 Å². The Labute approximate surface area is 98.2 Å². The molecule has 0 spiro atoms. The molecule has 0 aliphatic carbocycles. The molecule has 2 rings (SSSR count). The molecule has 0 fully saturated rings. The molecule has 0 saturated heterocycles. The molecule has 17 heavy (non-hydrogen) atoms. The van der Waals surface area contributed by atoms with Gasteiger partial charge >= 0.3 is 5.97 Å². The number of aliphatic hydroxyl groups excluding tert-OH is 1. The first-order valence-electron chi connectivity index (χ1n) is 4.98. The minimum atomic E-state index is -1.19. The van der Waals surface area contributed by atoms with Gasteiger partial charge in [-0.1, -0.05) is 0 Å². The molecule has 0 aromatic heterocycles. The third kappa shape index (κ3) is 2.24. The standard InChI is InChI=1S/C12H12O5/c1-15-8-3-7(4-9(5-8)16-2)10-6-11(13)17-12(10)14/h3-6,11,13H,1-2H3. The van der Waals surface area contributed by atoms with Crippen LogP contribution in [0.15, 0.2) is 24.3 Å². The number of carbonyl (C=O) groups excluding carboxylic acids is 1. The van der Waals surface area contributed by atoms with Crippen LogP contribution < -0.4 is 9.47 Å². The number of esters is 1. The monoisotopic (exact) mass is 236 g/mol. The fraction of sp³-hybridized carbons (Fsp3) is 0.250. The lowest BCUT2D eigenvalue weighted by molar-refractivity contribution is -0.149. The van der Waals surface area contributed by atoms with E-state index < -0.39 is 12.3 Å². The highest BCUT2D eigenvalue weighted by Gasteiger charge is 2.25. The summed E-state index contributed by atoms with van der Waals surface area (Å²) in [6, 6.07) is 5.04. The zero-order chi connectivity index (χ0) is 12.4. The number of benzene rings is 1. The first-order chi connectivity index (χ1) is 8.13. The Morgan fingerprint density at radius 2 is 1.76 bits per heavy atom. The number of methoxy groups -OCH3 is 2. The van der Waals surface area contributed by atoms with Gasteiger partial charge in [-0.2, -0.15) is 0 Å². The van der Waals surface area contributed by atoms with E-state index in [1.54, 1.807) is 18.2 Å². The van der Waals surface area contributed by atoms with Gasteiger partial charge in [0.2, 0.25) is 6.29 Å². The second kappa shape index (κ2) is 4.47. The lowest BCUT2D eigenvalue weighted by atomic mass is 10.1. The summed E-state index contributed by atoms with van der Waals surface area (Å²) in [7, 11) is 3.05. The highest BCUT2D eigenvalue weighted by molar-refractivity contribution is 6.18. The van der Waals surface area contributed by atoms with Gasteiger partial charge < -0.3 is 19.3 Å². The largest absolute Gasteiger partial charge is 0.497 e. The van der Waals surface area contributed by atoms with E-state index >= 15 is 0 Å². The van der Waals surface area contributed by atoms with Crippen molar-refractivity contribution in [3.63, 3.8) is 0 Å². The van der Waals surface area contributed by atoms with Crippen molar-refractivity contribution in [2.75, 3.05) is 14.2 Å². The number of ether oxygens (including phenoxy) is 3. The average molecular weight is 236 g/mol. The number of carbonyl (C=O) groups is 1. The SMILES string of the molecule is COc1cc(OC)cc(C2=CC(O)OC2=O)c1. The van der Waals surface area contributed by atoms with E-state index in [1.165, 1.54) is 20.3 Å². The molecule has 1 unspecified atom stereocenters. The third-order valence-electron chi connectivity index (χ3n) is 2.42. The van der Waals surface area contributed by atoms with Crippen LogP contribution in [0.4, 0.5) is 0 Å². The molecule has 1 atom stereocenters. The summed E-state index contributed by atoms with van der Waals surface area (Å²) in [5.41, 5.74) is 0.887. The van der Waals surface area contributed by atoms with Crippen LogP contribution in [-0.2, 0) is 9.53 Å². The van der Waals surface area contributed by atoms with Gasteiger partial charge in [-0.05, 0) is 23.8 Å². The van der Waals surface area contributed by atoms with Crippen molar-refractivity contribution < 1.29 is 24.1 Å². The molecular formula is C12H12O5. The zero-order valence-corrected chi connectivity index (χ0v) is 9.47. The summed E-state index contributed by atoms with van der Waals surface area (Å²) in [6.45, 7) is 0. The predicted molar refractivity (Wildman–Crippen MR) is 59.6 cm³/mol. The molecule has 0 amide bonds. The first kappa shape index (κ1) is 11.5. The number of hydrogen-bond donors (Lipinski definition) is 1. The second-order valence-electron chi connectivity index (χ2n) is 3.48. The molecule has 1 aromatic carbocycles. The molecular weight excluding hydrogens is 224 g/mol. The molecule has 0 saturated carbocycles. The maximum absolute atomic E-state index is 11.5. The van der Waals surface area contributed by atoms with Crippen LogP contribution in [0.2, 0.25) is 0 Å². The zero-order valence-electron chi connectivity index (χ0n) is 9.47. The molecule has 1 aliphatic rings. The Balaban J connectivity index is 2.44.